The molecule has 0 aliphatic carbocycles. The molecule has 3 N–H and O–H groups in total. The number of aromatic nitrogens is 2. The maximum Gasteiger partial charge on any atom is 0.221 e. The molecule has 88 valence electrons. The molecule has 1 aromatic heterocycles. The number of nitrogen functional groups attached to an aromatic ring is 1. The maximum atomic E-state index is 13.2. The molecule has 0 amide bonds. The van der Waals surface area contributed by atoms with Crippen molar-refractivity contribution < 1.29 is 4.39 Å². The van der Waals surface area contributed by atoms with E-state index in [-0.39, 0.29) is 11.8 Å². The number of hydrogen-bond acceptors (Lipinski definition) is 4. The molecule has 0 aliphatic rings. The molecule has 0 bridgehead atoms. The van der Waals surface area contributed by atoms with Crippen molar-refractivity contribution in [2.45, 2.75) is 13.8 Å². The van der Waals surface area contributed by atoms with Crippen LogP contribution in [0.3, 0.4) is 0 Å². The van der Waals surface area contributed by atoms with E-state index in [4.69, 9.17) is 5.73 Å². The van der Waals surface area contributed by atoms with Crippen LogP contribution in [0.5, 0.6) is 0 Å². The molecule has 5 heteroatoms. The highest BCUT2D eigenvalue weighted by molar-refractivity contribution is 5.60. The largest absolute Gasteiger partial charge is 0.368 e. The van der Waals surface area contributed by atoms with E-state index in [2.05, 4.69) is 15.3 Å². The lowest BCUT2D eigenvalue weighted by atomic mass is 10.2. The van der Waals surface area contributed by atoms with Crippen LogP contribution in [-0.2, 0) is 0 Å². The minimum atomic E-state index is -0.285. The van der Waals surface area contributed by atoms with Gasteiger partial charge in [-0.15, -0.1) is 0 Å². The number of hydrogen-bond donors (Lipinski definition) is 2. The third-order valence-electron chi connectivity index (χ3n) is 2.30. The Morgan fingerprint density at radius 2 is 2.00 bits per heavy atom. The van der Waals surface area contributed by atoms with Crippen molar-refractivity contribution in [3.63, 3.8) is 0 Å². The fraction of sp³-hybridized carbons (Fsp3) is 0.167. The topological polar surface area (TPSA) is 63.8 Å². The van der Waals surface area contributed by atoms with E-state index in [0.29, 0.717) is 11.5 Å². The van der Waals surface area contributed by atoms with Crippen molar-refractivity contribution in [1.29, 1.82) is 0 Å². The molecule has 0 atom stereocenters. The summed E-state index contributed by atoms with van der Waals surface area (Å²) < 4.78 is 13.2. The van der Waals surface area contributed by atoms with Crippen LogP contribution in [0.2, 0.25) is 0 Å². The molecular formula is C12H13FN4. The molecule has 0 saturated heterocycles. The van der Waals surface area contributed by atoms with Gasteiger partial charge in [-0.2, -0.15) is 4.98 Å². The Labute approximate surface area is 98.7 Å². The van der Waals surface area contributed by atoms with Crippen molar-refractivity contribution in [2.24, 2.45) is 0 Å². The first kappa shape index (κ1) is 11.3. The van der Waals surface area contributed by atoms with Crippen LogP contribution in [0.1, 0.15) is 11.1 Å². The molecule has 0 radical (unpaired) electrons. The first-order valence-corrected chi connectivity index (χ1v) is 5.18. The number of nitrogens with zero attached hydrogens (tertiary/aromatic N) is 2. The second-order valence-electron chi connectivity index (χ2n) is 3.90. The highest BCUT2D eigenvalue weighted by Crippen LogP contribution is 2.20. The van der Waals surface area contributed by atoms with Crippen molar-refractivity contribution in [3.8, 4) is 0 Å². The summed E-state index contributed by atoms with van der Waals surface area (Å²) in [4.78, 5) is 7.93. The van der Waals surface area contributed by atoms with Gasteiger partial charge in [0.05, 0.1) is 0 Å². The number of benzene rings is 1. The molecule has 2 aromatic rings. The zero-order valence-electron chi connectivity index (χ0n) is 9.66. The minimum Gasteiger partial charge on any atom is -0.368 e. The van der Waals surface area contributed by atoms with Crippen molar-refractivity contribution in [2.75, 3.05) is 11.1 Å². The van der Waals surface area contributed by atoms with Crippen LogP contribution in [0.25, 0.3) is 0 Å². The Morgan fingerprint density at radius 3 is 2.71 bits per heavy atom. The van der Waals surface area contributed by atoms with Gasteiger partial charge in [-0.3, -0.25) is 0 Å². The lowest BCUT2D eigenvalue weighted by Gasteiger charge is -2.09. The summed E-state index contributed by atoms with van der Waals surface area (Å²) >= 11 is 0. The monoisotopic (exact) mass is 232 g/mol. The summed E-state index contributed by atoms with van der Waals surface area (Å²) in [7, 11) is 0. The van der Waals surface area contributed by atoms with Crippen LogP contribution in [0.4, 0.5) is 21.8 Å². The predicted molar refractivity (Wildman–Crippen MR) is 65.6 cm³/mol. The normalized spacial score (nSPS) is 10.3. The van der Waals surface area contributed by atoms with E-state index in [1.165, 1.54) is 12.1 Å². The van der Waals surface area contributed by atoms with Crippen LogP contribution < -0.4 is 11.1 Å². The molecule has 0 aliphatic heterocycles. The summed E-state index contributed by atoms with van der Waals surface area (Å²) in [5, 5.41) is 3.02. The molecule has 0 spiro atoms. The molecule has 1 aromatic carbocycles. The number of rotatable bonds is 2. The van der Waals surface area contributed by atoms with Crippen LogP contribution in [0, 0.1) is 19.7 Å². The average Bonchev–Trinajstić information content (AvgIpc) is 2.22. The summed E-state index contributed by atoms with van der Waals surface area (Å²) in [6.45, 7) is 3.68. The molecule has 0 saturated carbocycles. The average molecular weight is 232 g/mol. The predicted octanol–water partition coefficient (Wildman–Crippen LogP) is 2.56. The van der Waals surface area contributed by atoms with Gasteiger partial charge in [0.2, 0.25) is 5.95 Å². The van der Waals surface area contributed by atoms with Crippen LogP contribution in [0.15, 0.2) is 24.4 Å². The third-order valence-corrected chi connectivity index (χ3v) is 2.30. The second-order valence-corrected chi connectivity index (χ2v) is 3.90. The molecular weight excluding hydrogens is 219 g/mol. The van der Waals surface area contributed by atoms with E-state index in [0.717, 1.165) is 11.1 Å². The van der Waals surface area contributed by atoms with Crippen molar-refractivity contribution in [1.82, 2.24) is 9.97 Å². The number of halogens is 1. The van der Waals surface area contributed by atoms with Gasteiger partial charge in [0.25, 0.3) is 0 Å². The molecule has 4 nitrogen and oxygen atoms in total. The highest BCUT2D eigenvalue weighted by atomic mass is 19.1. The molecule has 2 rings (SSSR count). The van der Waals surface area contributed by atoms with E-state index in [1.54, 1.807) is 6.20 Å². The maximum absolute atomic E-state index is 13.2. The fourth-order valence-electron chi connectivity index (χ4n) is 1.53. The lowest BCUT2D eigenvalue weighted by molar-refractivity contribution is 0.627. The Morgan fingerprint density at radius 1 is 1.24 bits per heavy atom. The van der Waals surface area contributed by atoms with Crippen LogP contribution >= 0.6 is 0 Å². The van der Waals surface area contributed by atoms with E-state index >= 15 is 0 Å². The quantitative estimate of drug-likeness (QED) is 0.835. The van der Waals surface area contributed by atoms with E-state index in [1.807, 2.05) is 19.9 Å². The summed E-state index contributed by atoms with van der Waals surface area (Å²) in [5.74, 6) is 0.487. The number of anilines is 3. The van der Waals surface area contributed by atoms with E-state index < -0.39 is 0 Å². The van der Waals surface area contributed by atoms with Gasteiger partial charge < -0.3 is 11.1 Å². The van der Waals surface area contributed by atoms with Crippen LogP contribution in [-0.4, -0.2) is 9.97 Å². The van der Waals surface area contributed by atoms with E-state index in [9.17, 15) is 4.39 Å². The van der Waals surface area contributed by atoms with Gasteiger partial charge in [0.1, 0.15) is 11.6 Å². The van der Waals surface area contributed by atoms with Gasteiger partial charge in [0, 0.05) is 17.4 Å². The highest BCUT2D eigenvalue weighted by Gasteiger charge is 2.04. The van der Waals surface area contributed by atoms with Gasteiger partial charge in [0.15, 0.2) is 0 Å². The van der Waals surface area contributed by atoms with Crippen molar-refractivity contribution >= 4 is 17.5 Å². The van der Waals surface area contributed by atoms with Gasteiger partial charge in [-0.1, -0.05) is 0 Å². The Hall–Kier alpha value is -2.17. The number of nitrogens with two attached hydrogens (primary N) is 1. The SMILES string of the molecule is Cc1cc(F)cc(Nc2nc(N)ncc2C)c1. The smallest absolute Gasteiger partial charge is 0.221 e. The van der Waals surface area contributed by atoms with Gasteiger partial charge >= 0.3 is 0 Å². The second kappa shape index (κ2) is 4.37. The summed E-state index contributed by atoms with van der Waals surface area (Å²) in [6, 6.07) is 4.71. The summed E-state index contributed by atoms with van der Waals surface area (Å²) in [5.41, 5.74) is 7.84. The zero-order valence-corrected chi connectivity index (χ0v) is 9.66. The fourth-order valence-corrected chi connectivity index (χ4v) is 1.53. The molecule has 0 fully saturated rings. The third kappa shape index (κ3) is 2.69. The molecule has 17 heavy (non-hydrogen) atoms. The Bertz CT molecular complexity index is 534. The van der Waals surface area contributed by atoms with Gasteiger partial charge in [-0.25, -0.2) is 9.37 Å². The minimum absolute atomic E-state index is 0.186. The zero-order chi connectivity index (χ0) is 12.4. The first-order valence-electron chi connectivity index (χ1n) is 5.18. The Kier molecular flexibility index (Phi) is 2.91. The molecule has 1 heterocycles. The first-order chi connectivity index (χ1) is 8.04. The van der Waals surface area contributed by atoms with Gasteiger partial charge in [-0.05, 0) is 37.6 Å². The summed E-state index contributed by atoms with van der Waals surface area (Å²) in [6.07, 6.45) is 1.62. The number of nitrogens with one attached hydrogen (secondary N) is 1. The standard InChI is InChI=1S/C12H13FN4/c1-7-3-9(13)5-10(4-7)16-11-8(2)6-15-12(14)17-11/h3-6H,1-2H3,(H3,14,15,16,17). The number of aryl methyl sites for hydroxylation is 2. The lowest BCUT2D eigenvalue weighted by Crippen LogP contribution is -2.02. The Balaban J connectivity index is 2.34. The molecule has 0 unspecified atom stereocenters. The van der Waals surface area contributed by atoms with Crippen molar-refractivity contribution in [3.05, 3.63) is 41.3 Å².